The zero-order valence-corrected chi connectivity index (χ0v) is 17.6. The summed E-state index contributed by atoms with van der Waals surface area (Å²) in [6, 6.07) is 9.64. The van der Waals surface area contributed by atoms with Crippen molar-refractivity contribution in [3.63, 3.8) is 0 Å². The third kappa shape index (κ3) is 3.11. The zero-order chi connectivity index (χ0) is 21.7. The molecule has 0 unspecified atom stereocenters. The summed E-state index contributed by atoms with van der Waals surface area (Å²) in [4.78, 5) is 28.5. The predicted octanol–water partition coefficient (Wildman–Crippen LogP) is 5.52. The number of anilines is 1. The SMILES string of the molecule is Cc1coc2c(C)c3oc(=O)c(CCC(=O)Nc4cccc5[nH]ccc45)c(C)c3cc12. The lowest BCUT2D eigenvalue weighted by Gasteiger charge is -2.11. The number of benzene rings is 2. The molecular formula is C25H22N2O4. The van der Waals surface area contributed by atoms with Gasteiger partial charge in [-0.2, -0.15) is 0 Å². The highest BCUT2D eigenvalue weighted by molar-refractivity contribution is 6.02. The predicted molar refractivity (Wildman–Crippen MR) is 122 cm³/mol. The monoisotopic (exact) mass is 414 g/mol. The second-order valence-electron chi connectivity index (χ2n) is 7.96. The number of aryl methyl sites for hydroxylation is 3. The minimum Gasteiger partial charge on any atom is -0.464 e. The van der Waals surface area contributed by atoms with E-state index in [0.717, 1.165) is 49.6 Å². The molecule has 0 atom stereocenters. The first-order valence-corrected chi connectivity index (χ1v) is 10.2. The maximum Gasteiger partial charge on any atom is 0.339 e. The third-order valence-electron chi connectivity index (χ3n) is 6.01. The van der Waals surface area contributed by atoms with Crippen LogP contribution in [0.5, 0.6) is 0 Å². The van der Waals surface area contributed by atoms with Crippen molar-refractivity contribution < 1.29 is 13.6 Å². The van der Waals surface area contributed by atoms with Gasteiger partial charge in [0.1, 0.15) is 11.2 Å². The fraction of sp³-hybridized carbons (Fsp3) is 0.200. The van der Waals surface area contributed by atoms with E-state index in [2.05, 4.69) is 10.3 Å². The smallest absolute Gasteiger partial charge is 0.339 e. The maximum absolute atomic E-state index is 12.7. The van der Waals surface area contributed by atoms with E-state index in [1.165, 1.54) is 0 Å². The van der Waals surface area contributed by atoms with Gasteiger partial charge in [0.05, 0.1) is 12.0 Å². The molecule has 0 spiro atoms. The van der Waals surface area contributed by atoms with Crippen LogP contribution in [0.4, 0.5) is 5.69 Å². The van der Waals surface area contributed by atoms with Gasteiger partial charge in [0.25, 0.3) is 0 Å². The molecule has 5 rings (SSSR count). The Bertz CT molecular complexity index is 1530. The minimum absolute atomic E-state index is 0.148. The van der Waals surface area contributed by atoms with Gasteiger partial charge >= 0.3 is 5.63 Å². The highest BCUT2D eigenvalue weighted by Gasteiger charge is 2.18. The fourth-order valence-electron chi connectivity index (χ4n) is 4.25. The van der Waals surface area contributed by atoms with Gasteiger partial charge in [0.2, 0.25) is 5.91 Å². The molecule has 5 aromatic rings. The fourth-order valence-corrected chi connectivity index (χ4v) is 4.25. The Kier molecular flexibility index (Phi) is 4.43. The van der Waals surface area contributed by atoms with E-state index in [-0.39, 0.29) is 12.3 Å². The molecule has 0 fully saturated rings. The van der Waals surface area contributed by atoms with Crippen molar-refractivity contribution >= 4 is 44.4 Å². The molecule has 0 saturated heterocycles. The highest BCUT2D eigenvalue weighted by atomic mass is 16.4. The summed E-state index contributed by atoms with van der Waals surface area (Å²) in [6.45, 7) is 5.79. The molecule has 0 saturated carbocycles. The van der Waals surface area contributed by atoms with E-state index in [0.29, 0.717) is 17.6 Å². The molecule has 0 aliphatic rings. The molecule has 2 aromatic carbocycles. The summed E-state index contributed by atoms with van der Waals surface area (Å²) in [5, 5.41) is 5.78. The van der Waals surface area contributed by atoms with E-state index in [4.69, 9.17) is 8.83 Å². The van der Waals surface area contributed by atoms with Crippen LogP contribution in [0, 0.1) is 20.8 Å². The van der Waals surface area contributed by atoms with Crippen LogP contribution in [0.15, 0.2) is 56.4 Å². The molecule has 31 heavy (non-hydrogen) atoms. The molecule has 1 amide bonds. The van der Waals surface area contributed by atoms with E-state index >= 15 is 0 Å². The second kappa shape index (κ2) is 7.16. The summed E-state index contributed by atoms with van der Waals surface area (Å²) < 4.78 is 11.3. The van der Waals surface area contributed by atoms with Crippen molar-refractivity contribution in [2.75, 3.05) is 5.32 Å². The molecule has 0 aliphatic carbocycles. The van der Waals surface area contributed by atoms with Crippen LogP contribution in [0.2, 0.25) is 0 Å². The Morgan fingerprint density at radius 3 is 2.71 bits per heavy atom. The summed E-state index contributed by atoms with van der Waals surface area (Å²) in [6.07, 6.45) is 4.04. The topological polar surface area (TPSA) is 88.2 Å². The summed E-state index contributed by atoms with van der Waals surface area (Å²) in [5.41, 5.74) is 5.79. The van der Waals surface area contributed by atoms with Crippen LogP contribution < -0.4 is 10.9 Å². The molecule has 6 heteroatoms. The first-order chi connectivity index (χ1) is 14.9. The van der Waals surface area contributed by atoms with Gasteiger partial charge in [0.15, 0.2) is 0 Å². The van der Waals surface area contributed by atoms with Crippen LogP contribution in [-0.2, 0) is 11.2 Å². The Labute approximate surface area is 177 Å². The number of carbonyl (C=O) groups is 1. The van der Waals surface area contributed by atoms with Crippen LogP contribution in [0.3, 0.4) is 0 Å². The number of aromatic amines is 1. The summed E-state index contributed by atoms with van der Waals surface area (Å²) in [7, 11) is 0. The quantitative estimate of drug-likeness (QED) is 0.379. The van der Waals surface area contributed by atoms with Crippen molar-refractivity contribution in [1.29, 1.82) is 0 Å². The van der Waals surface area contributed by atoms with Gasteiger partial charge in [-0.05, 0) is 62.6 Å². The molecule has 0 bridgehead atoms. The standard InChI is InChI=1S/C25H22N2O4/c1-13-12-30-23-15(3)24-19(11-18(13)23)14(2)16(25(29)31-24)7-8-22(28)27-21-6-4-5-20-17(21)9-10-26-20/h4-6,9-12,26H,7-8H2,1-3H3,(H,27,28). The van der Waals surface area contributed by atoms with Crippen LogP contribution in [-0.4, -0.2) is 10.9 Å². The maximum atomic E-state index is 12.7. The van der Waals surface area contributed by atoms with E-state index < -0.39 is 5.63 Å². The van der Waals surface area contributed by atoms with Crippen molar-refractivity contribution in [1.82, 2.24) is 4.98 Å². The highest BCUT2D eigenvalue weighted by Crippen LogP contribution is 2.32. The Balaban J connectivity index is 1.45. The minimum atomic E-state index is -0.406. The molecule has 2 N–H and O–H groups in total. The molecule has 3 heterocycles. The van der Waals surface area contributed by atoms with Crippen molar-refractivity contribution in [3.8, 4) is 0 Å². The number of aromatic nitrogens is 1. The van der Waals surface area contributed by atoms with E-state index in [9.17, 15) is 9.59 Å². The molecule has 0 radical (unpaired) electrons. The number of rotatable bonds is 4. The van der Waals surface area contributed by atoms with E-state index in [1.54, 1.807) is 6.26 Å². The van der Waals surface area contributed by atoms with Gasteiger partial charge in [-0.3, -0.25) is 4.79 Å². The average molecular weight is 414 g/mol. The number of H-pyrrole nitrogens is 1. The third-order valence-corrected chi connectivity index (χ3v) is 6.01. The summed E-state index contributed by atoms with van der Waals surface area (Å²) in [5.74, 6) is -0.148. The first kappa shape index (κ1) is 19.2. The van der Waals surface area contributed by atoms with Crippen molar-refractivity contribution in [2.24, 2.45) is 0 Å². The lowest BCUT2D eigenvalue weighted by molar-refractivity contribution is -0.116. The Morgan fingerprint density at radius 2 is 1.87 bits per heavy atom. The van der Waals surface area contributed by atoms with Crippen LogP contribution >= 0.6 is 0 Å². The number of hydrogen-bond acceptors (Lipinski definition) is 4. The summed E-state index contributed by atoms with van der Waals surface area (Å²) >= 11 is 0. The van der Waals surface area contributed by atoms with Crippen LogP contribution in [0.25, 0.3) is 32.8 Å². The molecule has 6 nitrogen and oxygen atoms in total. The lowest BCUT2D eigenvalue weighted by atomic mass is 9.98. The number of furan rings is 1. The number of amides is 1. The van der Waals surface area contributed by atoms with Gasteiger partial charge in [-0.15, -0.1) is 0 Å². The number of hydrogen-bond donors (Lipinski definition) is 2. The average Bonchev–Trinajstić information content (AvgIpc) is 3.37. The molecular weight excluding hydrogens is 392 g/mol. The number of carbonyl (C=O) groups excluding carboxylic acids is 1. The van der Waals surface area contributed by atoms with Crippen LogP contribution in [0.1, 0.15) is 28.7 Å². The zero-order valence-electron chi connectivity index (χ0n) is 17.6. The first-order valence-electron chi connectivity index (χ1n) is 10.2. The molecule has 3 aromatic heterocycles. The number of nitrogens with one attached hydrogen (secondary N) is 2. The van der Waals surface area contributed by atoms with Gasteiger partial charge in [-0.1, -0.05) is 6.07 Å². The Morgan fingerprint density at radius 1 is 1.03 bits per heavy atom. The van der Waals surface area contributed by atoms with Gasteiger partial charge in [-0.25, -0.2) is 4.79 Å². The van der Waals surface area contributed by atoms with Gasteiger partial charge < -0.3 is 19.1 Å². The van der Waals surface area contributed by atoms with Crippen molar-refractivity contribution in [3.05, 3.63) is 75.5 Å². The number of fused-ring (bicyclic) bond motifs is 3. The largest absolute Gasteiger partial charge is 0.464 e. The van der Waals surface area contributed by atoms with E-state index in [1.807, 2.05) is 57.3 Å². The lowest BCUT2D eigenvalue weighted by Crippen LogP contribution is -2.17. The molecule has 156 valence electrons. The second-order valence-corrected chi connectivity index (χ2v) is 7.96. The van der Waals surface area contributed by atoms with Gasteiger partial charge in [0, 0.05) is 45.4 Å². The Hall–Kier alpha value is -3.80. The van der Waals surface area contributed by atoms with Crippen molar-refractivity contribution in [2.45, 2.75) is 33.6 Å². The molecule has 0 aliphatic heterocycles. The normalized spacial score (nSPS) is 11.6.